The number of hydrogen-bond acceptors (Lipinski definition) is 6. The van der Waals surface area contributed by atoms with Gasteiger partial charge < -0.3 is 14.7 Å². The van der Waals surface area contributed by atoms with Gasteiger partial charge in [0.1, 0.15) is 0 Å². The lowest BCUT2D eigenvalue weighted by Crippen LogP contribution is -2.33. The first-order valence-corrected chi connectivity index (χ1v) is 10.1. The predicted molar refractivity (Wildman–Crippen MR) is 107 cm³/mol. The van der Waals surface area contributed by atoms with E-state index in [-0.39, 0.29) is 11.8 Å². The van der Waals surface area contributed by atoms with Crippen LogP contribution in [-0.4, -0.2) is 56.9 Å². The van der Waals surface area contributed by atoms with Crippen molar-refractivity contribution in [2.75, 3.05) is 26.2 Å². The van der Waals surface area contributed by atoms with Crippen molar-refractivity contribution in [2.45, 2.75) is 19.8 Å². The number of carbonyl (C=O) groups excluding carboxylic acids is 1. The van der Waals surface area contributed by atoms with Crippen LogP contribution in [0.2, 0.25) is 0 Å². The molecule has 1 aliphatic heterocycles. The van der Waals surface area contributed by atoms with Crippen LogP contribution in [0.4, 0.5) is 0 Å². The second-order valence-electron chi connectivity index (χ2n) is 6.78. The number of rotatable bonds is 6. The molecule has 146 valence electrons. The van der Waals surface area contributed by atoms with Gasteiger partial charge in [0.15, 0.2) is 0 Å². The molecule has 1 N–H and O–H groups in total. The number of aryl methyl sites for hydroxylation is 1. The summed E-state index contributed by atoms with van der Waals surface area (Å²) < 4.78 is 7.91. The fraction of sp³-hybridized carbons (Fsp3) is 0.368. The van der Waals surface area contributed by atoms with Crippen molar-refractivity contribution in [3.8, 4) is 17.1 Å². The van der Waals surface area contributed by atoms with Gasteiger partial charge in [0, 0.05) is 23.8 Å². The molecular weight excluding hydrogens is 424 g/mol. The highest BCUT2D eigenvalue weighted by molar-refractivity contribution is 9.10. The number of benzene rings is 1. The van der Waals surface area contributed by atoms with Crippen LogP contribution in [-0.2, 0) is 0 Å². The third-order valence-electron chi connectivity index (χ3n) is 4.76. The van der Waals surface area contributed by atoms with Gasteiger partial charge in [-0.05, 0) is 57.1 Å². The van der Waals surface area contributed by atoms with Gasteiger partial charge in [-0.2, -0.15) is 10.1 Å². The highest BCUT2D eigenvalue weighted by atomic mass is 79.9. The maximum atomic E-state index is 12.3. The van der Waals surface area contributed by atoms with Crippen LogP contribution in [0.15, 0.2) is 39.5 Å². The van der Waals surface area contributed by atoms with Gasteiger partial charge in [-0.3, -0.25) is 4.79 Å². The van der Waals surface area contributed by atoms with Crippen LogP contribution in [0, 0.1) is 6.92 Å². The summed E-state index contributed by atoms with van der Waals surface area (Å²) in [6.45, 7) is 5.48. The zero-order valence-electron chi connectivity index (χ0n) is 15.6. The van der Waals surface area contributed by atoms with E-state index in [1.807, 2.05) is 37.4 Å². The number of nitrogens with zero attached hydrogens (tertiary/aromatic N) is 5. The van der Waals surface area contributed by atoms with Gasteiger partial charge in [-0.15, -0.1) is 0 Å². The van der Waals surface area contributed by atoms with Crippen molar-refractivity contribution in [2.24, 2.45) is 0 Å². The standard InChI is InChI=1S/C19H21BrN6O2/c1-13-16(12-26(23-13)15-6-4-14(20)5-7-15)17-22-19(28-24-17)18(27)21-8-11-25-9-2-3-10-25/h4-7,12H,2-3,8-11H2,1H3,(H,21,27). The number of nitrogens with one attached hydrogen (secondary N) is 1. The maximum absolute atomic E-state index is 12.3. The molecule has 0 spiro atoms. The third-order valence-corrected chi connectivity index (χ3v) is 5.29. The molecule has 4 rings (SSSR count). The van der Waals surface area contributed by atoms with E-state index in [1.54, 1.807) is 4.68 Å². The van der Waals surface area contributed by atoms with Gasteiger partial charge in [0.05, 0.1) is 16.9 Å². The molecule has 0 atom stereocenters. The summed E-state index contributed by atoms with van der Waals surface area (Å²) in [4.78, 5) is 18.8. The fourth-order valence-electron chi connectivity index (χ4n) is 3.24. The Morgan fingerprint density at radius 3 is 2.75 bits per heavy atom. The molecule has 1 aliphatic rings. The first kappa shape index (κ1) is 18.8. The molecule has 1 fully saturated rings. The van der Waals surface area contributed by atoms with Crippen LogP contribution in [0.1, 0.15) is 29.2 Å². The minimum Gasteiger partial charge on any atom is -0.347 e. The molecule has 8 nitrogen and oxygen atoms in total. The van der Waals surface area contributed by atoms with Gasteiger partial charge in [0.25, 0.3) is 0 Å². The Labute approximate surface area is 171 Å². The van der Waals surface area contributed by atoms with Gasteiger partial charge in [-0.1, -0.05) is 21.1 Å². The Bertz CT molecular complexity index is 959. The minimum absolute atomic E-state index is 0.0350. The monoisotopic (exact) mass is 444 g/mol. The molecule has 1 aromatic carbocycles. The summed E-state index contributed by atoms with van der Waals surface area (Å²) in [5.41, 5.74) is 2.40. The summed E-state index contributed by atoms with van der Waals surface area (Å²) in [6.07, 6.45) is 4.29. The highest BCUT2D eigenvalue weighted by Gasteiger charge is 2.19. The normalized spacial score (nSPS) is 14.5. The van der Waals surface area contributed by atoms with Gasteiger partial charge >= 0.3 is 11.8 Å². The summed E-state index contributed by atoms with van der Waals surface area (Å²) in [5.74, 6) is -0.0336. The molecule has 3 heterocycles. The van der Waals surface area contributed by atoms with Crippen molar-refractivity contribution in [3.05, 3.63) is 46.5 Å². The Balaban J connectivity index is 1.43. The molecule has 0 bridgehead atoms. The average Bonchev–Trinajstić information content (AvgIpc) is 3.42. The number of carbonyl (C=O) groups is 1. The second-order valence-corrected chi connectivity index (χ2v) is 7.69. The number of hydrogen-bond donors (Lipinski definition) is 1. The number of aromatic nitrogens is 4. The molecule has 9 heteroatoms. The number of amides is 1. The molecule has 0 radical (unpaired) electrons. The van der Waals surface area contributed by atoms with Crippen LogP contribution < -0.4 is 5.32 Å². The Morgan fingerprint density at radius 2 is 2.00 bits per heavy atom. The first-order valence-electron chi connectivity index (χ1n) is 9.27. The summed E-state index contributed by atoms with van der Waals surface area (Å²) in [5, 5.41) is 11.3. The zero-order chi connectivity index (χ0) is 19.5. The van der Waals surface area contributed by atoms with Crippen LogP contribution in [0.3, 0.4) is 0 Å². The van der Waals surface area contributed by atoms with E-state index in [2.05, 4.69) is 41.4 Å². The molecular formula is C19H21BrN6O2. The molecule has 0 saturated carbocycles. The summed E-state index contributed by atoms with van der Waals surface area (Å²) >= 11 is 3.42. The average molecular weight is 445 g/mol. The molecule has 0 unspecified atom stereocenters. The van der Waals surface area contributed by atoms with E-state index in [1.165, 1.54) is 12.8 Å². The summed E-state index contributed by atoms with van der Waals surface area (Å²) in [6, 6.07) is 7.81. The third kappa shape index (κ3) is 4.15. The lowest BCUT2D eigenvalue weighted by molar-refractivity contribution is 0.0906. The topological polar surface area (TPSA) is 89.1 Å². The van der Waals surface area contributed by atoms with E-state index >= 15 is 0 Å². The van der Waals surface area contributed by atoms with Gasteiger partial charge in [-0.25, -0.2) is 4.68 Å². The number of likely N-dealkylation sites (tertiary alicyclic amines) is 1. The maximum Gasteiger partial charge on any atom is 0.316 e. The fourth-order valence-corrected chi connectivity index (χ4v) is 3.50. The Morgan fingerprint density at radius 1 is 1.25 bits per heavy atom. The molecule has 2 aromatic heterocycles. The van der Waals surface area contributed by atoms with E-state index in [0.717, 1.165) is 41.1 Å². The van der Waals surface area contributed by atoms with Crippen molar-refractivity contribution >= 4 is 21.8 Å². The molecule has 28 heavy (non-hydrogen) atoms. The Kier molecular flexibility index (Phi) is 5.54. The molecule has 1 saturated heterocycles. The van der Waals surface area contributed by atoms with E-state index in [0.29, 0.717) is 12.4 Å². The second kappa shape index (κ2) is 8.24. The van der Waals surface area contributed by atoms with Crippen LogP contribution in [0.5, 0.6) is 0 Å². The van der Waals surface area contributed by atoms with Crippen LogP contribution >= 0.6 is 15.9 Å². The van der Waals surface area contributed by atoms with E-state index < -0.39 is 0 Å². The van der Waals surface area contributed by atoms with Crippen LogP contribution in [0.25, 0.3) is 17.1 Å². The zero-order valence-corrected chi connectivity index (χ0v) is 17.1. The molecule has 1 amide bonds. The highest BCUT2D eigenvalue weighted by Crippen LogP contribution is 2.22. The summed E-state index contributed by atoms with van der Waals surface area (Å²) in [7, 11) is 0. The van der Waals surface area contributed by atoms with Crippen molar-refractivity contribution in [3.63, 3.8) is 0 Å². The quantitative estimate of drug-likeness (QED) is 0.628. The van der Waals surface area contributed by atoms with Crippen molar-refractivity contribution in [1.29, 1.82) is 0 Å². The number of halogens is 1. The van der Waals surface area contributed by atoms with Crippen molar-refractivity contribution in [1.82, 2.24) is 30.1 Å². The SMILES string of the molecule is Cc1nn(-c2ccc(Br)cc2)cc1-c1noc(C(=O)NCCN2CCCC2)n1. The van der Waals surface area contributed by atoms with Crippen molar-refractivity contribution < 1.29 is 9.32 Å². The lowest BCUT2D eigenvalue weighted by Gasteiger charge is -2.13. The van der Waals surface area contributed by atoms with E-state index in [9.17, 15) is 4.79 Å². The lowest BCUT2D eigenvalue weighted by atomic mass is 10.2. The molecule has 3 aromatic rings. The minimum atomic E-state index is -0.351. The van der Waals surface area contributed by atoms with Gasteiger partial charge in [0.2, 0.25) is 5.82 Å². The largest absolute Gasteiger partial charge is 0.347 e. The predicted octanol–water partition coefficient (Wildman–Crippen LogP) is 2.82. The smallest absolute Gasteiger partial charge is 0.316 e. The first-order chi connectivity index (χ1) is 13.6. The van der Waals surface area contributed by atoms with E-state index in [4.69, 9.17) is 4.52 Å². The molecule has 0 aliphatic carbocycles. The Hall–Kier alpha value is -2.52.